The number of benzene rings is 1. The topological polar surface area (TPSA) is 115 Å². The Labute approximate surface area is 179 Å². The molecule has 0 atom stereocenters. The molecular weight excluding hydrogens is 434 g/mol. The predicted molar refractivity (Wildman–Crippen MR) is 109 cm³/mol. The molecule has 0 spiro atoms. The Hall–Kier alpha value is -2.53. The zero-order chi connectivity index (χ0) is 21.7. The zero-order valence-corrected chi connectivity index (χ0v) is 17.7. The van der Waals surface area contributed by atoms with Gasteiger partial charge in [0.2, 0.25) is 10.0 Å². The van der Waals surface area contributed by atoms with Gasteiger partial charge in [-0.1, -0.05) is 11.6 Å². The van der Waals surface area contributed by atoms with Gasteiger partial charge >= 0.3 is 5.97 Å². The molecule has 30 heavy (non-hydrogen) atoms. The minimum absolute atomic E-state index is 0.0330. The summed E-state index contributed by atoms with van der Waals surface area (Å²) >= 11 is 6.13. The van der Waals surface area contributed by atoms with Gasteiger partial charge in [-0.05, 0) is 37.3 Å². The maximum atomic E-state index is 12.8. The van der Waals surface area contributed by atoms with Gasteiger partial charge in [0.05, 0.1) is 40.9 Å². The summed E-state index contributed by atoms with van der Waals surface area (Å²) in [5, 5.41) is 2.60. The van der Waals surface area contributed by atoms with E-state index in [1.807, 2.05) is 0 Å². The van der Waals surface area contributed by atoms with E-state index in [2.05, 4.69) is 10.3 Å². The SMILES string of the molecule is CCOC(=O)c1ccnc(NC(=O)c2cc(S(=O)(=O)N3CCOCC3)ccc2Cl)c1. The van der Waals surface area contributed by atoms with E-state index in [0.717, 1.165) is 0 Å². The van der Waals surface area contributed by atoms with Crippen LogP contribution < -0.4 is 5.32 Å². The number of hydrogen-bond acceptors (Lipinski definition) is 7. The van der Waals surface area contributed by atoms with Gasteiger partial charge in [0.15, 0.2) is 0 Å². The number of anilines is 1. The van der Waals surface area contributed by atoms with Crippen molar-refractivity contribution in [1.29, 1.82) is 0 Å². The number of carbonyl (C=O) groups is 2. The standard InChI is InChI=1S/C19H20ClN3O6S/c1-2-29-19(25)13-5-6-21-17(11-13)22-18(24)15-12-14(3-4-16(15)20)30(26,27)23-7-9-28-10-8-23/h3-6,11-12H,2,7-10H2,1H3,(H,21,22,24). The number of carbonyl (C=O) groups excluding carboxylic acids is 2. The third-order valence-corrected chi connectivity index (χ3v) is 6.53. The van der Waals surface area contributed by atoms with Crippen molar-refractivity contribution in [3.63, 3.8) is 0 Å². The summed E-state index contributed by atoms with van der Waals surface area (Å²) in [4.78, 5) is 28.5. The number of nitrogens with one attached hydrogen (secondary N) is 1. The summed E-state index contributed by atoms with van der Waals surface area (Å²) < 4.78 is 37.1. The molecule has 160 valence electrons. The smallest absolute Gasteiger partial charge is 0.338 e. The molecule has 1 amide bonds. The molecule has 1 N–H and O–H groups in total. The van der Waals surface area contributed by atoms with Crippen molar-refractivity contribution in [1.82, 2.24) is 9.29 Å². The first-order valence-electron chi connectivity index (χ1n) is 9.15. The lowest BCUT2D eigenvalue weighted by molar-refractivity contribution is 0.0526. The molecule has 0 saturated carbocycles. The zero-order valence-electron chi connectivity index (χ0n) is 16.1. The molecule has 1 aromatic heterocycles. The Morgan fingerprint density at radius 1 is 1.23 bits per heavy atom. The van der Waals surface area contributed by atoms with Crippen LogP contribution in [0.5, 0.6) is 0 Å². The summed E-state index contributed by atoms with van der Waals surface area (Å²) in [5.74, 6) is -1.11. The monoisotopic (exact) mass is 453 g/mol. The first-order chi connectivity index (χ1) is 14.3. The molecular formula is C19H20ClN3O6S. The van der Waals surface area contributed by atoms with E-state index in [1.54, 1.807) is 6.92 Å². The van der Waals surface area contributed by atoms with Crippen LogP contribution in [0, 0.1) is 0 Å². The van der Waals surface area contributed by atoms with E-state index in [0.29, 0.717) is 13.2 Å². The van der Waals surface area contributed by atoms with Gasteiger partial charge in [-0.25, -0.2) is 18.2 Å². The van der Waals surface area contributed by atoms with Crippen LogP contribution in [0.1, 0.15) is 27.6 Å². The molecule has 1 aromatic carbocycles. The highest BCUT2D eigenvalue weighted by molar-refractivity contribution is 7.89. The molecule has 1 aliphatic heterocycles. The molecule has 1 aliphatic rings. The van der Waals surface area contributed by atoms with Crippen molar-refractivity contribution < 1.29 is 27.5 Å². The molecule has 1 fully saturated rings. The van der Waals surface area contributed by atoms with Crippen LogP contribution in [-0.4, -0.2) is 62.5 Å². The molecule has 2 aromatic rings. The average molecular weight is 454 g/mol. The highest BCUT2D eigenvalue weighted by Crippen LogP contribution is 2.24. The first-order valence-corrected chi connectivity index (χ1v) is 11.0. The molecule has 0 radical (unpaired) electrons. The number of pyridine rings is 1. The number of sulfonamides is 1. The lowest BCUT2D eigenvalue weighted by Crippen LogP contribution is -2.40. The molecule has 0 unspecified atom stereocenters. The number of morpholine rings is 1. The van der Waals surface area contributed by atoms with Crippen LogP contribution in [-0.2, 0) is 19.5 Å². The second kappa shape index (κ2) is 9.52. The van der Waals surface area contributed by atoms with Gasteiger partial charge in [-0.3, -0.25) is 4.79 Å². The minimum atomic E-state index is -3.79. The van der Waals surface area contributed by atoms with E-state index >= 15 is 0 Å². The van der Waals surface area contributed by atoms with Gasteiger partial charge in [0, 0.05) is 19.3 Å². The normalized spacial score (nSPS) is 14.9. The number of rotatable bonds is 6. The fraction of sp³-hybridized carbons (Fsp3) is 0.316. The lowest BCUT2D eigenvalue weighted by Gasteiger charge is -2.26. The Kier molecular flexibility index (Phi) is 7.03. The second-order valence-electron chi connectivity index (χ2n) is 6.26. The fourth-order valence-corrected chi connectivity index (χ4v) is 4.44. The summed E-state index contributed by atoms with van der Waals surface area (Å²) in [5.41, 5.74) is 0.186. The fourth-order valence-electron chi connectivity index (χ4n) is 2.80. The number of nitrogens with zero attached hydrogens (tertiary/aromatic N) is 2. The van der Waals surface area contributed by atoms with E-state index in [-0.39, 0.29) is 46.6 Å². The van der Waals surface area contributed by atoms with E-state index < -0.39 is 21.9 Å². The van der Waals surface area contributed by atoms with Crippen molar-refractivity contribution in [3.05, 3.63) is 52.7 Å². The summed E-state index contributed by atoms with van der Waals surface area (Å²) in [6.07, 6.45) is 1.35. The number of halogens is 1. The minimum Gasteiger partial charge on any atom is -0.462 e. The Bertz CT molecular complexity index is 1050. The highest BCUT2D eigenvalue weighted by atomic mass is 35.5. The van der Waals surface area contributed by atoms with Crippen LogP contribution >= 0.6 is 11.6 Å². The van der Waals surface area contributed by atoms with Gasteiger partial charge in [-0.2, -0.15) is 4.31 Å². The molecule has 9 nitrogen and oxygen atoms in total. The van der Waals surface area contributed by atoms with Crippen molar-refractivity contribution >= 4 is 39.3 Å². The van der Waals surface area contributed by atoms with Crippen molar-refractivity contribution in [2.75, 3.05) is 38.2 Å². The molecule has 3 rings (SSSR count). The van der Waals surface area contributed by atoms with Crippen molar-refractivity contribution in [3.8, 4) is 0 Å². The van der Waals surface area contributed by atoms with Crippen LogP contribution in [0.25, 0.3) is 0 Å². The molecule has 2 heterocycles. The van der Waals surface area contributed by atoms with Gasteiger partial charge in [-0.15, -0.1) is 0 Å². The van der Waals surface area contributed by atoms with E-state index in [1.165, 1.54) is 40.8 Å². The summed E-state index contributed by atoms with van der Waals surface area (Å²) in [6, 6.07) is 6.74. The third kappa shape index (κ3) is 4.96. The second-order valence-corrected chi connectivity index (χ2v) is 8.61. The summed E-state index contributed by atoms with van der Waals surface area (Å²) in [7, 11) is -3.79. The van der Waals surface area contributed by atoms with Crippen molar-refractivity contribution in [2.24, 2.45) is 0 Å². The number of amides is 1. The average Bonchev–Trinajstić information content (AvgIpc) is 2.75. The van der Waals surface area contributed by atoms with E-state index in [9.17, 15) is 18.0 Å². The molecule has 1 saturated heterocycles. The molecule has 0 bridgehead atoms. The maximum absolute atomic E-state index is 12.8. The highest BCUT2D eigenvalue weighted by Gasteiger charge is 2.27. The third-order valence-electron chi connectivity index (χ3n) is 4.30. The Balaban J connectivity index is 1.84. The van der Waals surface area contributed by atoms with Crippen molar-refractivity contribution in [2.45, 2.75) is 11.8 Å². The largest absolute Gasteiger partial charge is 0.462 e. The Morgan fingerprint density at radius 2 is 1.97 bits per heavy atom. The number of aromatic nitrogens is 1. The van der Waals surface area contributed by atoms with Crippen LogP contribution in [0.2, 0.25) is 5.02 Å². The Morgan fingerprint density at radius 3 is 2.67 bits per heavy atom. The number of esters is 1. The quantitative estimate of drug-likeness (QED) is 0.666. The summed E-state index contributed by atoms with van der Waals surface area (Å²) in [6.45, 7) is 2.98. The van der Waals surface area contributed by atoms with E-state index in [4.69, 9.17) is 21.1 Å². The molecule has 0 aliphatic carbocycles. The van der Waals surface area contributed by atoms with Gasteiger partial charge in [0.25, 0.3) is 5.91 Å². The number of hydrogen-bond donors (Lipinski definition) is 1. The van der Waals surface area contributed by atoms with Crippen LogP contribution in [0.4, 0.5) is 5.82 Å². The van der Waals surface area contributed by atoms with Crippen LogP contribution in [0.15, 0.2) is 41.4 Å². The predicted octanol–water partition coefficient (Wildman–Crippen LogP) is 2.18. The maximum Gasteiger partial charge on any atom is 0.338 e. The first kappa shape index (κ1) is 22.2. The lowest BCUT2D eigenvalue weighted by atomic mass is 10.2. The van der Waals surface area contributed by atoms with Crippen LogP contribution in [0.3, 0.4) is 0 Å². The van der Waals surface area contributed by atoms with Gasteiger partial charge < -0.3 is 14.8 Å². The number of ether oxygens (including phenoxy) is 2. The van der Waals surface area contributed by atoms with Gasteiger partial charge in [0.1, 0.15) is 5.82 Å². The molecule has 11 heteroatoms.